The predicted octanol–water partition coefficient (Wildman–Crippen LogP) is 1.69. The van der Waals surface area contributed by atoms with Crippen molar-refractivity contribution in [3.63, 3.8) is 0 Å². The Bertz CT molecular complexity index is 838. The highest BCUT2D eigenvalue weighted by molar-refractivity contribution is 5.95. The van der Waals surface area contributed by atoms with Crippen LogP contribution in [0.1, 0.15) is 15.9 Å². The molecule has 1 amide bonds. The van der Waals surface area contributed by atoms with Crippen molar-refractivity contribution in [1.29, 1.82) is 0 Å². The van der Waals surface area contributed by atoms with Crippen LogP contribution in [-0.2, 0) is 5.41 Å². The predicted molar refractivity (Wildman–Crippen MR) is 104 cm³/mol. The molecule has 27 heavy (non-hydrogen) atoms. The number of nitrogens with one attached hydrogen (secondary N) is 1. The quantitative estimate of drug-likeness (QED) is 0.871. The summed E-state index contributed by atoms with van der Waals surface area (Å²) >= 11 is 0. The second-order valence-corrected chi connectivity index (χ2v) is 8.25. The Morgan fingerprint density at radius 2 is 1.70 bits per heavy atom. The summed E-state index contributed by atoms with van der Waals surface area (Å²) in [6, 6.07) is 17.4. The molecule has 6 rings (SSSR count). The molecule has 2 aromatic carbocycles. The molecule has 4 saturated heterocycles. The van der Waals surface area contributed by atoms with Crippen molar-refractivity contribution < 1.29 is 9.90 Å². The number of hydrogen-bond acceptors (Lipinski definition) is 4. The number of benzene rings is 2. The van der Waals surface area contributed by atoms with Gasteiger partial charge in [-0.1, -0.05) is 36.4 Å². The van der Waals surface area contributed by atoms with E-state index in [4.69, 9.17) is 0 Å². The van der Waals surface area contributed by atoms with E-state index in [2.05, 4.69) is 45.4 Å². The van der Waals surface area contributed by atoms with Crippen LogP contribution in [0.15, 0.2) is 54.6 Å². The number of hydrogen-bond donors (Lipinski definition) is 2. The van der Waals surface area contributed by atoms with Crippen molar-refractivity contribution in [2.75, 3.05) is 39.3 Å². The fourth-order valence-corrected chi connectivity index (χ4v) is 5.44. The molecule has 3 atom stereocenters. The van der Waals surface area contributed by atoms with E-state index in [0.29, 0.717) is 11.5 Å². The van der Waals surface area contributed by atoms with E-state index in [0.717, 1.165) is 39.3 Å². The zero-order valence-electron chi connectivity index (χ0n) is 15.3. The number of aromatic hydroxyl groups is 1. The van der Waals surface area contributed by atoms with Gasteiger partial charge in [-0.15, -0.1) is 0 Å². The van der Waals surface area contributed by atoms with Crippen LogP contribution in [-0.4, -0.2) is 66.1 Å². The molecule has 0 spiro atoms. The minimum absolute atomic E-state index is 0.0919. The first-order valence-electron chi connectivity index (χ1n) is 9.74. The van der Waals surface area contributed by atoms with Gasteiger partial charge in [0.15, 0.2) is 0 Å². The summed E-state index contributed by atoms with van der Waals surface area (Å²) in [5.41, 5.74) is 1.74. The molecule has 5 heteroatoms. The molecule has 0 aromatic heterocycles. The van der Waals surface area contributed by atoms with Crippen LogP contribution in [0.25, 0.3) is 0 Å². The number of carbonyl (C=O) groups is 1. The first-order valence-corrected chi connectivity index (χ1v) is 9.74. The highest BCUT2D eigenvalue weighted by Crippen LogP contribution is 2.43. The Morgan fingerprint density at radius 1 is 1.00 bits per heavy atom. The van der Waals surface area contributed by atoms with Gasteiger partial charge in [-0.2, -0.15) is 0 Å². The van der Waals surface area contributed by atoms with E-state index >= 15 is 0 Å². The summed E-state index contributed by atoms with van der Waals surface area (Å²) < 4.78 is 0. The molecule has 4 aliphatic heterocycles. The third kappa shape index (κ3) is 2.82. The Hall–Kier alpha value is -2.37. The standard InChI is InChI=1S/C22H25N3O2/c26-19-8-4-5-16(11-19)21(27)23-20-17-12-24-9-10-25(13-17)15-22(20,14-24)18-6-2-1-3-7-18/h1-8,11,17,20,26H,9-10,12-15H2,(H,23,27)/t17?,20-,22?/m0/s1. The number of amides is 1. The normalized spacial score (nSPS) is 34.2. The van der Waals surface area contributed by atoms with E-state index in [1.807, 2.05) is 0 Å². The van der Waals surface area contributed by atoms with E-state index in [1.165, 1.54) is 5.56 Å². The molecule has 2 N–H and O–H groups in total. The lowest BCUT2D eigenvalue weighted by Crippen LogP contribution is -2.70. The monoisotopic (exact) mass is 363 g/mol. The number of nitrogens with zero attached hydrogens (tertiary/aromatic N) is 2. The average Bonchev–Trinajstić information content (AvgIpc) is 2.93. The molecule has 4 heterocycles. The van der Waals surface area contributed by atoms with Crippen LogP contribution in [0, 0.1) is 5.92 Å². The van der Waals surface area contributed by atoms with Gasteiger partial charge in [-0.25, -0.2) is 0 Å². The average molecular weight is 363 g/mol. The van der Waals surface area contributed by atoms with E-state index < -0.39 is 0 Å². The van der Waals surface area contributed by atoms with Gasteiger partial charge < -0.3 is 20.2 Å². The molecule has 0 aliphatic carbocycles. The maximum absolute atomic E-state index is 13.0. The van der Waals surface area contributed by atoms with Crippen LogP contribution in [0.4, 0.5) is 0 Å². The minimum atomic E-state index is -0.0950. The number of carbonyl (C=O) groups excluding carboxylic acids is 1. The SMILES string of the molecule is O=C(N[C@H]1C2CN3CCN(C2)CC1(c1ccccc1)C3)c1cccc(O)c1. The zero-order valence-corrected chi connectivity index (χ0v) is 15.3. The lowest BCUT2D eigenvalue weighted by Gasteiger charge is -2.55. The number of phenols is 1. The fraction of sp³-hybridized carbons (Fsp3) is 0.409. The second-order valence-electron chi connectivity index (χ2n) is 8.25. The Kier molecular flexibility index (Phi) is 3.95. The summed E-state index contributed by atoms with van der Waals surface area (Å²) in [7, 11) is 0. The number of fused-ring (bicyclic) bond motifs is 1. The first kappa shape index (κ1) is 16.8. The maximum atomic E-state index is 13.0. The van der Waals surface area contributed by atoms with Gasteiger partial charge in [0, 0.05) is 62.2 Å². The van der Waals surface area contributed by atoms with Gasteiger partial charge in [0.05, 0.1) is 0 Å². The number of piperidine rings is 2. The minimum Gasteiger partial charge on any atom is -0.508 e. The zero-order chi connectivity index (χ0) is 18.4. The van der Waals surface area contributed by atoms with Crippen molar-refractivity contribution >= 4 is 5.91 Å². The summed E-state index contributed by atoms with van der Waals surface area (Å²) in [5.74, 6) is 0.443. The van der Waals surface area contributed by atoms with Gasteiger partial charge in [0.1, 0.15) is 5.75 Å². The van der Waals surface area contributed by atoms with Gasteiger partial charge >= 0.3 is 0 Å². The summed E-state index contributed by atoms with van der Waals surface area (Å²) in [4.78, 5) is 18.1. The van der Waals surface area contributed by atoms with Crippen molar-refractivity contribution in [1.82, 2.24) is 15.1 Å². The third-order valence-electron chi connectivity index (χ3n) is 6.54. The summed E-state index contributed by atoms with van der Waals surface area (Å²) in [6.45, 7) is 6.26. The van der Waals surface area contributed by atoms with Crippen molar-refractivity contribution in [3.8, 4) is 5.75 Å². The van der Waals surface area contributed by atoms with Gasteiger partial charge in [-0.05, 0) is 23.8 Å². The Morgan fingerprint density at radius 3 is 2.37 bits per heavy atom. The summed E-state index contributed by atoms with van der Waals surface area (Å²) in [6.07, 6.45) is 0. The molecular weight excluding hydrogens is 338 g/mol. The van der Waals surface area contributed by atoms with Crippen molar-refractivity contribution in [2.24, 2.45) is 5.92 Å². The molecule has 2 aromatic rings. The van der Waals surface area contributed by atoms with Gasteiger partial charge in [-0.3, -0.25) is 4.79 Å². The molecule has 2 unspecified atom stereocenters. The van der Waals surface area contributed by atoms with Crippen LogP contribution in [0.3, 0.4) is 0 Å². The van der Waals surface area contributed by atoms with Crippen molar-refractivity contribution in [2.45, 2.75) is 11.5 Å². The van der Waals surface area contributed by atoms with Crippen LogP contribution < -0.4 is 5.32 Å². The van der Waals surface area contributed by atoms with E-state index in [9.17, 15) is 9.90 Å². The highest BCUT2D eigenvalue weighted by atomic mass is 16.3. The summed E-state index contributed by atoms with van der Waals surface area (Å²) in [5, 5.41) is 13.1. The van der Waals surface area contributed by atoms with E-state index in [-0.39, 0.29) is 23.1 Å². The van der Waals surface area contributed by atoms with Crippen LogP contribution >= 0.6 is 0 Å². The lowest BCUT2D eigenvalue weighted by atomic mass is 9.64. The van der Waals surface area contributed by atoms with Gasteiger partial charge in [0.25, 0.3) is 5.91 Å². The molecule has 4 aliphatic rings. The van der Waals surface area contributed by atoms with Crippen LogP contribution in [0.2, 0.25) is 0 Å². The Balaban J connectivity index is 1.53. The van der Waals surface area contributed by atoms with E-state index in [1.54, 1.807) is 24.3 Å². The molecule has 140 valence electrons. The largest absolute Gasteiger partial charge is 0.508 e. The number of rotatable bonds is 3. The molecule has 4 fully saturated rings. The molecule has 5 nitrogen and oxygen atoms in total. The Labute approximate surface area is 159 Å². The highest BCUT2D eigenvalue weighted by Gasteiger charge is 2.55. The fourth-order valence-electron chi connectivity index (χ4n) is 5.44. The molecular formula is C22H25N3O2. The molecule has 0 saturated carbocycles. The van der Waals surface area contributed by atoms with Gasteiger partial charge in [0.2, 0.25) is 0 Å². The smallest absolute Gasteiger partial charge is 0.251 e. The first-order chi connectivity index (χ1) is 13.1. The topological polar surface area (TPSA) is 55.8 Å². The molecule has 4 bridgehead atoms. The lowest BCUT2D eigenvalue weighted by molar-refractivity contribution is 0.0180. The third-order valence-corrected chi connectivity index (χ3v) is 6.54. The van der Waals surface area contributed by atoms with Crippen LogP contribution in [0.5, 0.6) is 5.75 Å². The second kappa shape index (κ2) is 6.36. The maximum Gasteiger partial charge on any atom is 0.251 e. The van der Waals surface area contributed by atoms with Crippen molar-refractivity contribution in [3.05, 3.63) is 65.7 Å². The number of phenolic OH excluding ortho intramolecular Hbond substituents is 1. The molecule has 0 radical (unpaired) electrons.